The minimum Gasteiger partial charge on any atom is -0.398 e. The maximum atomic E-state index is 12.4. The first-order valence-electron chi connectivity index (χ1n) is 5.64. The molecule has 0 bridgehead atoms. The third kappa shape index (κ3) is 2.05. The summed E-state index contributed by atoms with van der Waals surface area (Å²) < 4.78 is 31.6. The van der Waals surface area contributed by atoms with Crippen LogP contribution in [0.1, 0.15) is 0 Å². The van der Waals surface area contributed by atoms with E-state index in [0.717, 1.165) is 0 Å². The zero-order chi connectivity index (χ0) is 14.2. The molecule has 0 aliphatic carbocycles. The van der Waals surface area contributed by atoms with Gasteiger partial charge in [-0.25, -0.2) is 8.42 Å². The zero-order valence-electron chi connectivity index (χ0n) is 10.1. The van der Waals surface area contributed by atoms with Crippen LogP contribution in [-0.2, 0) is 10.0 Å². The monoisotopic (exact) mass is 290 g/mol. The fraction of sp³-hybridized carbons (Fsp3) is 0. The molecule has 1 aromatic carbocycles. The van der Waals surface area contributed by atoms with Crippen LogP contribution >= 0.6 is 0 Å². The number of fused-ring (bicyclic) bond motifs is 1. The van der Waals surface area contributed by atoms with Crippen LogP contribution < -0.4 is 10.5 Å². The molecule has 0 unspecified atom stereocenters. The van der Waals surface area contributed by atoms with Crippen molar-refractivity contribution >= 4 is 32.4 Å². The SMILES string of the molecule is Nc1ccc(S(=O)(=O)Nc2ccon2)c2ncccc12. The molecular formula is C12H10N4O3S. The van der Waals surface area contributed by atoms with Gasteiger partial charge in [-0.15, -0.1) is 0 Å². The summed E-state index contributed by atoms with van der Waals surface area (Å²) in [5.41, 5.74) is 6.60. The lowest BCUT2D eigenvalue weighted by Gasteiger charge is -2.09. The first-order valence-corrected chi connectivity index (χ1v) is 7.13. The largest absolute Gasteiger partial charge is 0.398 e. The van der Waals surface area contributed by atoms with E-state index in [9.17, 15) is 8.42 Å². The number of nitrogens with zero attached hydrogens (tertiary/aromatic N) is 2. The van der Waals surface area contributed by atoms with Crippen molar-refractivity contribution in [2.45, 2.75) is 4.90 Å². The quantitative estimate of drug-likeness (QED) is 0.709. The van der Waals surface area contributed by atoms with Gasteiger partial charge in [0.2, 0.25) is 0 Å². The van der Waals surface area contributed by atoms with Crippen molar-refractivity contribution in [3.8, 4) is 0 Å². The van der Waals surface area contributed by atoms with E-state index in [0.29, 0.717) is 16.6 Å². The van der Waals surface area contributed by atoms with Gasteiger partial charge in [-0.05, 0) is 24.3 Å². The van der Waals surface area contributed by atoms with E-state index in [-0.39, 0.29) is 10.7 Å². The van der Waals surface area contributed by atoms with E-state index in [4.69, 9.17) is 5.73 Å². The van der Waals surface area contributed by atoms with Gasteiger partial charge in [-0.3, -0.25) is 9.71 Å². The molecule has 3 rings (SSSR count). The number of benzene rings is 1. The van der Waals surface area contributed by atoms with Crippen LogP contribution in [0.3, 0.4) is 0 Å². The van der Waals surface area contributed by atoms with Crippen LogP contribution in [0.15, 0.2) is 52.2 Å². The minimum absolute atomic E-state index is 0.0327. The molecule has 8 heteroatoms. The van der Waals surface area contributed by atoms with Crippen molar-refractivity contribution in [3.63, 3.8) is 0 Å². The minimum atomic E-state index is -3.82. The highest BCUT2D eigenvalue weighted by atomic mass is 32.2. The maximum absolute atomic E-state index is 12.4. The number of sulfonamides is 1. The molecular weight excluding hydrogens is 280 g/mol. The third-order valence-corrected chi connectivity index (χ3v) is 4.12. The van der Waals surface area contributed by atoms with Crippen molar-refractivity contribution in [2.75, 3.05) is 10.5 Å². The van der Waals surface area contributed by atoms with Crippen LogP contribution in [0.2, 0.25) is 0 Å². The van der Waals surface area contributed by atoms with Gasteiger partial charge >= 0.3 is 0 Å². The highest BCUT2D eigenvalue weighted by molar-refractivity contribution is 7.93. The number of rotatable bonds is 3. The van der Waals surface area contributed by atoms with Crippen LogP contribution in [0.4, 0.5) is 11.5 Å². The Morgan fingerprint density at radius 3 is 2.80 bits per heavy atom. The molecule has 3 aromatic rings. The topological polar surface area (TPSA) is 111 Å². The summed E-state index contributed by atoms with van der Waals surface area (Å²) in [6, 6.07) is 7.76. The molecule has 0 aliphatic heterocycles. The zero-order valence-corrected chi connectivity index (χ0v) is 11.0. The standard InChI is InChI=1S/C12H10N4O3S/c13-9-3-4-10(12-8(9)2-1-6-14-12)20(17,18)16-11-5-7-19-15-11/h1-7H,13H2,(H,15,16). The Morgan fingerprint density at radius 2 is 2.05 bits per heavy atom. The second-order valence-electron chi connectivity index (χ2n) is 4.04. The van der Waals surface area contributed by atoms with Crippen LogP contribution in [0.5, 0.6) is 0 Å². The molecule has 7 nitrogen and oxygen atoms in total. The summed E-state index contributed by atoms with van der Waals surface area (Å²) in [5, 5.41) is 4.09. The van der Waals surface area contributed by atoms with Crippen molar-refractivity contribution in [1.29, 1.82) is 0 Å². The molecule has 102 valence electrons. The summed E-state index contributed by atoms with van der Waals surface area (Å²) in [4.78, 5) is 4.13. The average Bonchev–Trinajstić information content (AvgIpc) is 2.91. The van der Waals surface area contributed by atoms with E-state index in [1.54, 1.807) is 12.1 Å². The Hall–Kier alpha value is -2.61. The lowest BCUT2D eigenvalue weighted by atomic mass is 10.2. The van der Waals surface area contributed by atoms with Gasteiger partial charge in [-0.1, -0.05) is 5.16 Å². The smallest absolute Gasteiger partial charge is 0.265 e. The summed E-state index contributed by atoms with van der Waals surface area (Å²) in [5.74, 6) is 0.103. The molecule has 2 aromatic heterocycles. The molecule has 0 atom stereocenters. The normalized spacial score (nSPS) is 11.6. The molecule has 0 aliphatic rings. The van der Waals surface area contributed by atoms with Gasteiger partial charge in [0.05, 0.1) is 5.52 Å². The van der Waals surface area contributed by atoms with E-state index in [1.165, 1.54) is 30.7 Å². The van der Waals surface area contributed by atoms with Crippen molar-refractivity contribution < 1.29 is 12.9 Å². The van der Waals surface area contributed by atoms with Crippen LogP contribution in [0.25, 0.3) is 10.9 Å². The summed E-state index contributed by atoms with van der Waals surface area (Å²) in [6.07, 6.45) is 2.79. The Kier molecular flexibility index (Phi) is 2.79. The van der Waals surface area contributed by atoms with Crippen LogP contribution in [0, 0.1) is 0 Å². The van der Waals surface area contributed by atoms with E-state index in [2.05, 4.69) is 19.4 Å². The Balaban J connectivity index is 2.17. The number of nitrogens with one attached hydrogen (secondary N) is 1. The molecule has 2 heterocycles. The number of hydrogen-bond acceptors (Lipinski definition) is 6. The second kappa shape index (κ2) is 4.49. The highest BCUT2D eigenvalue weighted by Crippen LogP contribution is 2.26. The molecule has 0 amide bonds. The molecule has 0 radical (unpaired) electrons. The van der Waals surface area contributed by atoms with Crippen LogP contribution in [-0.4, -0.2) is 18.6 Å². The summed E-state index contributed by atoms with van der Waals surface area (Å²) >= 11 is 0. The Morgan fingerprint density at radius 1 is 1.20 bits per heavy atom. The molecule has 0 spiro atoms. The molecule has 0 fully saturated rings. The summed E-state index contributed by atoms with van der Waals surface area (Å²) in [7, 11) is -3.82. The van der Waals surface area contributed by atoms with E-state index < -0.39 is 10.0 Å². The van der Waals surface area contributed by atoms with Gasteiger partial charge in [0.1, 0.15) is 11.2 Å². The number of anilines is 2. The second-order valence-corrected chi connectivity index (χ2v) is 5.69. The fourth-order valence-corrected chi connectivity index (χ4v) is 3.00. The number of aromatic nitrogens is 2. The fourth-order valence-electron chi connectivity index (χ4n) is 1.84. The molecule has 0 saturated carbocycles. The van der Waals surface area contributed by atoms with Crippen molar-refractivity contribution in [2.24, 2.45) is 0 Å². The van der Waals surface area contributed by atoms with E-state index in [1.807, 2.05) is 0 Å². The van der Waals surface area contributed by atoms with Gasteiger partial charge in [-0.2, -0.15) is 0 Å². The highest BCUT2D eigenvalue weighted by Gasteiger charge is 2.20. The maximum Gasteiger partial charge on any atom is 0.265 e. The lowest BCUT2D eigenvalue weighted by molar-refractivity contribution is 0.423. The van der Waals surface area contributed by atoms with Gasteiger partial charge in [0, 0.05) is 23.3 Å². The Bertz CT molecular complexity index is 860. The first-order chi connectivity index (χ1) is 9.58. The predicted molar refractivity (Wildman–Crippen MR) is 73.5 cm³/mol. The Labute approximate surface area is 114 Å². The molecule has 0 saturated heterocycles. The van der Waals surface area contributed by atoms with E-state index >= 15 is 0 Å². The predicted octanol–water partition coefficient (Wildman–Crippen LogP) is 1.61. The number of hydrogen-bond donors (Lipinski definition) is 2. The average molecular weight is 290 g/mol. The summed E-state index contributed by atoms with van der Waals surface area (Å²) in [6.45, 7) is 0. The number of nitrogen functional groups attached to an aromatic ring is 1. The molecule has 3 N–H and O–H groups in total. The van der Waals surface area contributed by atoms with Gasteiger partial charge < -0.3 is 10.3 Å². The van der Waals surface area contributed by atoms with Crippen molar-refractivity contribution in [3.05, 3.63) is 42.8 Å². The molecule has 20 heavy (non-hydrogen) atoms. The number of pyridine rings is 1. The van der Waals surface area contributed by atoms with Gasteiger partial charge in [0.15, 0.2) is 5.82 Å². The van der Waals surface area contributed by atoms with Crippen molar-refractivity contribution in [1.82, 2.24) is 10.1 Å². The van der Waals surface area contributed by atoms with Gasteiger partial charge in [0.25, 0.3) is 10.0 Å². The lowest BCUT2D eigenvalue weighted by Crippen LogP contribution is -2.14. The number of nitrogens with two attached hydrogens (primary N) is 1. The third-order valence-electron chi connectivity index (χ3n) is 2.73. The first kappa shape index (κ1) is 12.4.